The fraction of sp³-hybridized carbons (Fsp3) is 0.267. The normalized spacial score (nSPS) is 10.1. The molecule has 20 heavy (non-hydrogen) atoms. The van der Waals surface area contributed by atoms with E-state index in [0.29, 0.717) is 36.0 Å². The van der Waals surface area contributed by atoms with Crippen LogP contribution in [0.15, 0.2) is 36.8 Å². The van der Waals surface area contributed by atoms with Gasteiger partial charge in [-0.15, -0.1) is 0 Å². The highest BCUT2D eigenvalue weighted by Crippen LogP contribution is 2.29. The molecule has 0 bridgehead atoms. The van der Waals surface area contributed by atoms with Crippen LogP contribution in [0, 0.1) is 0 Å². The zero-order chi connectivity index (χ0) is 14.4. The predicted molar refractivity (Wildman–Crippen MR) is 74.2 cm³/mol. The van der Waals surface area contributed by atoms with Gasteiger partial charge < -0.3 is 9.47 Å². The number of benzene rings is 1. The summed E-state index contributed by atoms with van der Waals surface area (Å²) in [6.07, 6.45) is 2.89. The van der Waals surface area contributed by atoms with Crippen molar-refractivity contribution in [2.45, 2.75) is 13.8 Å². The number of rotatable bonds is 6. The van der Waals surface area contributed by atoms with Crippen molar-refractivity contribution in [2.24, 2.45) is 0 Å². The molecule has 1 aromatic carbocycles. The molecule has 0 spiro atoms. The maximum absolute atomic E-state index is 12.3. The maximum Gasteiger partial charge on any atom is 0.211 e. The van der Waals surface area contributed by atoms with Crippen LogP contribution in [0.1, 0.15) is 29.9 Å². The van der Waals surface area contributed by atoms with E-state index in [2.05, 4.69) is 9.97 Å². The Balaban J connectivity index is 2.33. The maximum atomic E-state index is 12.3. The van der Waals surface area contributed by atoms with Crippen LogP contribution >= 0.6 is 0 Å². The molecule has 1 aromatic heterocycles. The second-order valence-electron chi connectivity index (χ2n) is 3.95. The average Bonchev–Trinajstić information content (AvgIpc) is 2.50. The van der Waals surface area contributed by atoms with Gasteiger partial charge in [0.05, 0.1) is 13.2 Å². The first-order valence-corrected chi connectivity index (χ1v) is 6.46. The molecule has 0 saturated heterocycles. The minimum atomic E-state index is -0.170. The summed E-state index contributed by atoms with van der Waals surface area (Å²) in [5.41, 5.74) is 0.863. The molecule has 0 aliphatic carbocycles. The predicted octanol–water partition coefficient (Wildman–Crippen LogP) is 2.51. The average molecular weight is 272 g/mol. The van der Waals surface area contributed by atoms with Gasteiger partial charge in [0.1, 0.15) is 12.0 Å². The number of hydrogen-bond donors (Lipinski definition) is 0. The number of carbonyl (C=O) groups excluding carboxylic acids is 1. The van der Waals surface area contributed by atoms with E-state index < -0.39 is 0 Å². The van der Waals surface area contributed by atoms with E-state index in [1.54, 1.807) is 24.3 Å². The van der Waals surface area contributed by atoms with Gasteiger partial charge in [-0.25, -0.2) is 9.97 Å². The van der Waals surface area contributed by atoms with Crippen LogP contribution in [0.25, 0.3) is 0 Å². The van der Waals surface area contributed by atoms with Gasteiger partial charge in [-0.05, 0) is 38.1 Å². The minimum Gasteiger partial charge on any atom is -0.490 e. The molecule has 104 valence electrons. The molecular formula is C15H16N2O3. The number of hydrogen-bond acceptors (Lipinski definition) is 5. The lowest BCUT2D eigenvalue weighted by molar-refractivity contribution is 0.103. The van der Waals surface area contributed by atoms with Crippen molar-refractivity contribution >= 4 is 5.78 Å². The van der Waals surface area contributed by atoms with Crippen molar-refractivity contribution < 1.29 is 14.3 Å². The molecule has 0 radical (unpaired) electrons. The summed E-state index contributed by atoms with van der Waals surface area (Å²) in [7, 11) is 0. The molecule has 0 N–H and O–H groups in total. The highest BCUT2D eigenvalue weighted by Gasteiger charge is 2.14. The summed E-state index contributed by atoms with van der Waals surface area (Å²) in [5, 5.41) is 0. The Morgan fingerprint density at radius 1 is 1.10 bits per heavy atom. The molecule has 2 rings (SSSR count). The number of carbonyl (C=O) groups is 1. The van der Waals surface area contributed by atoms with E-state index in [0.717, 1.165) is 0 Å². The van der Waals surface area contributed by atoms with Crippen molar-refractivity contribution in [3.8, 4) is 11.5 Å². The van der Waals surface area contributed by atoms with Crippen LogP contribution < -0.4 is 9.47 Å². The van der Waals surface area contributed by atoms with E-state index >= 15 is 0 Å². The fourth-order valence-electron chi connectivity index (χ4n) is 1.77. The number of aromatic nitrogens is 2. The van der Waals surface area contributed by atoms with Gasteiger partial charge in [-0.2, -0.15) is 0 Å². The Morgan fingerprint density at radius 2 is 1.85 bits per heavy atom. The van der Waals surface area contributed by atoms with Crippen LogP contribution in [0.2, 0.25) is 0 Å². The van der Waals surface area contributed by atoms with Gasteiger partial charge in [-0.1, -0.05) is 0 Å². The first-order valence-electron chi connectivity index (χ1n) is 6.46. The van der Waals surface area contributed by atoms with Gasteiger partial charge in [0, 0.05) is 11.8 Å². The van der Waals surface area contributed by atoms with Crippen molar-refractivity contribution in [2.75, 3.05) is 13.2 Å². The molecule has 0 fully saturated rings. The van der Waals surface area contributed by atoms with E-state index in [4.69, 9.17) is 9.47 Å². The summed E-state index contributed by atoms with van der Waals surface area (Å²) >= 11 is 0. The molecule has 0 aliphatic heterocycles. The van der Waals surface area contributed by atoms with Crippen molar-refractivity contribution in [1.29, 1.82) is 0 Å². The van der Waals surface area contributed by atoms with Crippen molar-refractivity contribution in [3.05, 3.63) is 48.0 Å². The molecule has 2 aromatic rings. The van der Waals surface area contributed by atoms with Crippen LogP contribution in [0.3, 0.4) is 0 Å². The quantitative estimate of drug-likeness (QED) is 0.756. The molecule has 1 heterocycles. The molecule has 0 amide bonds. The van der Waals surface area contributed by atoms with Gasteiger partial charge in [-0.3, -0.25) is 4.79 Å². The number of ketones is 1. The van der Waals surface area contributed by atoms with E-state index in [1.165, 1.54) is 12.5 Å². The van der Waals surface area contributed by atoms with E-state index in [-0.39, 0.29) is 5.78 Å². The van der Waals surface area contributed by atoms with Crippen molar-refractivity contribution in [1.82, 2.24) is 9.97 Å². The van der Waals surface area contributed by atoms with Gasteiger partial charge in [0.15, 0.2) is 11.5 Å². The lowest BCUT2D eigenvalue weighted by atomic mass is 10.1. The monoisotopic (exact) mass is 272 g/mol. The Morgan fingerprint density at radius 3 is 2.50 bits per heavy atom. The third-order valence-electron chi connectivity index (χ3n) is 2.62. The number of ether oxygens (including phenoxy) is 2. The topological polar surface area (TPSA) is 61.3 Å². The summed E-state index contributed by atoms with van der Waals surface area (Å²) in [4.78, 5) is 20.0. The third kappa shape index (κ3) is 3.12. The second-order valence-corrected chi connectivity index (χ2v) is 3.95. The first-order chi connectivity index (χ1) is 9.76. The molecule has 5 heteroatoms. The number of nitrogens with zero attached hydrogens (tertiary/aromatic N) is 2. The standard InChI is InChI=1S/C15H16N2O3/c1-3-19-13-6-5-11(9-14(13)20-4-2)15(18)12-7-8-16-10-17-12/h5-10H,3-4H2,1-2H3. The molecular weight excluding hydrogens is 256 g/mol. The molecule has 0 aliphatic rings. The summed E-state index contributed by atoms with van der Waals surface area (Å²) in [5.74, 6) is 1.03. The fourth-order valence-corrected chi connectivity index (χ4v) is 1.77. The Labute approximate surface area is 117 Å². The molecule has 0 saturated carbocycles. The van der Waals surface area contributed by atoms with Gasteiger partial charge in [0.2, 0.25) is 5.78 Å². The van der Waals surface area contributed by atoms with Gasteiger partial charge in [0.25, 0.3) is 0 Å². The zero-order valence-electron chi connectivity index (χ0n) is 11.5. The van der Waals surface area contributed by atoms with Crippen LogP contribution in [0.5, 0.6) is 11.5 Å². The SMILES string of the molecule is CCOc1ccc(C(=O)c2ccncn2)cc1OCC. The minimum absolute atomic E-state index is 0.170. The Hall–Kier alpha value is -2.43. The lowest BCUT2D eigenvalue weighted by Gasteiger charge is -2.11. The van der Waals surface area contributed by atoms with Gasteiger partial charge >= 0.3 is 0 Å². The second kappa shape index (κ2) is 6.65. The summed E-state index contributed by atoms with van der Waals surface area (Å²) < 4.78 is 11.0. The lowest BCUT2D eigenvalue weighted by Crippen LogP contribution is -2.06. The van der Waals surface area contributed by atoms with Crippen LogP contribution in [0.4, 0.5) is 0 Å². The molecule has 0 unspecified atom stereocenters. The molecule has 0 atom stereocenters. The molecule has 5 nitrogen and oxygen atoms in total. The first kappa shape index (κ1) is 14.0. The van der Waals surface area contributed by atoms with E-state index in [9.17, 15) is 4.79 Å². The van der Waals surface area contributed by atoms with Crippen LogP contribution in [-0.4, -0.2) is 29.0 Å². The third-order valence-corrected chi connectivity index (χ3v) is 2.62. The summed E-state index contributed by atoms with van der Waals surface area (Å²) in [6, 6.07) is 6.71. The van der Waals surface area contributed by atoms with E-state index in [1.807, 2.05) is 13.8 Å². The highest BCUT2D eigenvalue weighted by atomic mass is 16.5. The largest absolute Gasteiger partial charge is 0.490 e. The zero-order valence-corrected chi connectivity index (χ0v) is 11.5. The van der Waals surface area contributed by atoms with Crippen LogP contribution in [-0.2, 0) is 0 Å². The Bertz CT molecular complexity index is 585. The Kier molecular flexibility index (Phi) is 4.65. The van der Waals surface area contributed by atoms with Crippen molar-refractivity contribution in [3.63, 3.8) is 0 Å². The highest BCUT2D eigenvalue weighted by molar-refractivity contribution is 6.07. The smallest absolute Gasteiger partial charge is 0.211 e. The summed E-state index contributed by atoms with van der Waals surface area (Å²) in [6.45, 7) is 4.83.